The Labute approximate surface area is 156 Å². The maximum absolute atomic E-state index is 13.9. The molecule has 1 aliphatic rings. The fraction of sp³-hybridized carbons (Fsp3) is 0.316. The van der Waals surface area contributed by atoms with Gasteiger partial charge in [0.15, 0.2) is 0 Å². The second kappa shape index (κ2) is 8.11. The smallest absolute Gasteiger partial charge is 0.322 e. The molecule has 1 fully saturated rings. The molecule has 1 heterocycles. The molecule has 2 amide bonds. The van der Waals surface area contributed by atoms with Gasteiger partial charge in [0.2, 0.25) is 0 Å². The third-order valence-electron chi connectivity index (χ3n) is 4.47. The molecule has 144 valence electrons. The van der Waals surface area contributed by atoms with E-state index < -0.39 is 11.6 Å². The van der Waals surface area contributed by atoms with Crippen molar-refractivity contribution in [3.05, 3.63) is 48.0 Å². The van der Waals surface area contributed by atoms with Crippen molar-refractivity contribution in [3.8, 4) is 11.5 Å². The molecule has 1 saturated heterocycles. The number of urea groups is 1. The number of piperazine rings is 1. The molecular formula is C19H21F2N3O3. The van der Waals surface area contributed by atoms with Gasteiger partial charge < -0.3 is 24.6 Å². The molecule has 8 heteroatoms. The number of carbonyl (C=O) groups is 1. The number of anilines is 2. The minimum absolute atomic E-state index is 0.0469. The zero-order chi connectivity index (χ0) is 19.4. The molecule has 6 nitrogen and oxygen atoms in total. The number of nitrogens with zero attached hydrogens (tertiary/aromatic N) is 2. The summed E-state index contributed by atoms with van der Waals surface area (Å²) in [6.45, 7) is 1.37. The van der Waals surface area contributed by atoms with Crippen LogP contribution in [0, 0.1) is 11.6 Å². The molecule has 0 unspecified atom stereocenters. The van der Waals surface area contributed by atoms with Crippen LogP contribution in [-0.4, -0.2) is 51.3 Å². The van der Waals surface area contributed by atoms with E-state index >= 15 is 0 Å². The van der Waals surface area contributed by atoms with Crippen LogP contribution in [0.4, 0.5) is 25.0 Å². The molecule has 0 aromatic heterocycles. The summed E-state index contributed by atoms with van der Waals surface area (Å²) < 4.78 is 38.3. The number of ether oxygens (including phenoxy) is 2. The van der Waals surface area contributed by atoms with E-state index in [0.29, 0.717) is 43.4 Å². The van der Waals surface area contributed by atoms with Crippen molar-refractivity contribution < 1.29 is 23.0 Å². The Kier molecular flexibility index (Phi) is 5.63. The first-order valence-electron chi connectivity index (χ1n) is 8.50. The van der Waals surface area contributed by atoms with Gasteiger partial charge in [-0.2, -0.15) is 0 Å². The summed E-state index contributed by atoms with van der Waals surface area (Å²) in [5.41, 5.74) is 0.472. The standard InChI is InChI=1S/C19H21F2N3O3/c1-26-13-6-7-16(17(12-13)27-2)22-19(25)24-10-8-23(9-11-24)18-14(20)4-3-5-15(18)21/h3-7,12H,8-11H2,1-2H3,(H,22,25). The highest BCUT2D eigenvalue weighted by atomic mass is 19.1. The highest BCUT2D eigenvalue weighted by Crippen LogP contribution is 2.29. The summed E-state index contributed by atoms with van der Waals surface area (Å²) in [6.07, 6.45) is 0. The highest BCUT2D eigenvalue weighted by Gasteiger charge is 2.25. The van der Waals surface area contributed by atoms with Gasteiger partial charge in [0.05, 0.1) is 19.9 Å². The predicted octanol–water partition coefficient (Wildman–Crippen LogP) is 3.34. The first-order valence-corrected chi connectivity index (χ1v) is 8.50. The van der Waals surface area contributed by atoms with Crippen molar-refractivity contribution in [1.82, 2.24) is 4.90 Å². The van der Waals surface area contributed by atoms with Crippen molar-refractivity contribution in [2.45, 2.75) is 0 Å². The van der Waals surface area contributed by atoms with Gasteiger partial charge in [-0.1, -0.05) is 6.07 Å². The predicted molar refractivity (Wildman–Crippen MR) is 98.7 cm³/mol. The van der Waals surface area contributed by atoms with Crippen molar-refractivity contribution in [2.24, 2.45) is 0 Å². The zero-order valence-corrected chi connectivity index (χ0v) is 15.2. The molecule has 0 radical (unpaired) electrons. The summed E-state index contributed by atoms with van der Waals surface area (Å²) in [5.74, 6) is -0.105. The molecule has 1 N–H and O–H groups in total. The highest BCUT2D eigenvalue weighted by molar-refractivity contribution is 5.91. The number of carbonyl (C=O) groups excluding carboxylic acids is 1. The SMILES string of the molecule is COc1ccc(NC(=O)N2CCN(c3c(F)cccc3F)CC2)c(OC)c1. The lowest BCUT2D eigenvalue weighted by Gasteiger charge is -2.36. The molecule has 0 bridgehead atoms. The minimum Gasteiger partial charge on any atom is -0.497 e. The zero-order valence-electron chi connectivity index (χ0n) is 15.2. The Morgan fingerprint density at radius 1 is 1.00 bits per heavy atom. The van der Waals surface area contributed by atoms with Crippen LogP contribution in [0.5, 0.6) is 11.5 Å². The maximum atomic E-state index is 13.9. The molecular weight excluding hydrogens is 356 g/mol. The lowest BCUT2D eigenvalue weighted by molar-refractivity contribution is 0.208. The van der Waals surface area contributed by atoms with Crippen molar-refractivity contribution in [3.63, 3.8) is 0 Å². The van der Waals surface area contributed by atoms with Gasteiger partial charge in [-0.05, 0) is 24.3 Å². The van der Waals surface area contributed by atoms with Gasteiger partial charge in [0.25, 0.3) is 0 Å². The molecule has 2 aromatic rings. The van der Waals surface area contributed by atoms with Gasteiger partial charge in [0.1, 0.15) is 28.8 Å². The van der Waals surface area contributed by atoms with E-state index in [9.17, 15) is 13.6 Å². The number of halogens is 2. The summed E-state index contributed by atoms with van der Waals surface area (Å²) in [5, 5.41) is 2.80. The molecule has 3 rings (SSSR count). The van der Waals surface area contributed by atoms with Crippen LogP contribution in [0.2, 0.25) is 0 Å². The fourth-order valence-electron chi connectivity index (χ4n) is 3.02. The lowest BCUT2D eigenvalue weighted by atomic mass is 10.2. The van der Waals surface area contributed by atoms with Gasteiger partial charge >= 0.3 is 6.03 Å². The average Bonchev–Trinajstić information content (AvgIpc) is 2.68. The van der Waals surface area contributed by atoms with E-state index in [1.165, 1.54) is 25.3 Å². The van der Waals surface area contributed by atoms with Crippen molar-refractivity contribution in [1.29, 1.82) is 0 Å². The molecule has 0 spiro atoms. The monoisotopic (exact) mass is 377 g/mol. The Morgan fingerprint density at radius 3 is 2.26 bits per heavy atom. The Hall–Kier alpha value is -3.03. The van der Waals surface area contributed by atoms with Crippen molar-refractivity contribution in [2.75, 3.05) is 50.6 Å². The van der Waals surface area contributed by atoms with Gasteiger partial charge in [-0.3, -0.25) is 0 Å². The number of para-hydroxylation sites is 1. The van der Waals surface area contributed by atoms with E-state index in [2.05, 4.69) is 5.32 Å². The van der Waals surface area contributed by atoms with E-state index in [1.807, 2.05) is 0 Å². The third kappa shape index (κ3) is 4.05. The number of nitrogens with one attached hydrogen (secondary N) is 1. The van der Waals surface area contributed by atoms with E-state index in [4.69, 9.17) is 9.47 Å². The maximum Gasteiger partial charge on any atom is 0.322 e. The molecule has 0 atom stereocenters. The molecule has 0 saturated carbocycles. The fourth-order valence-corrected chi connectivity index (χ4v) is 3.02. The number of hydrogen-bond acceptors (Lipinski definition) is 4. The summed E-state index contributed by atoms with van der Waals surface area (Å²) in [7, 11) is 3.05. The molecule has 1 aliphatic heterocycles. The van der Waals surface area contributed by atoms with Crippen LogP contribution < -0.4 is 19.7 Å². The summed E-state index contributed by atoms with van der Waals surface area (Å²) in [4.78, 5) is 15.7. The van der Waals surface area contributed by atoms with Crippen LogP contribution in [0.1, 0.15) is 0 Å². The lowest BCUT2D eigenvalue weighted by Crippen LogP contribution is -2.50. The number of methoxy groups -OCH3 is 2. The van der Waals surface area contributed by atoms with E-state index in [0.717, 1.165) is 0 Å². The van der Waals surface area contributed by atoms with Crippen LogP contribution in [0.25, 0.3) is 0 Å². The average molecular weight is 377 g/mol. The summed E-state index contributed by atoms with van der Waals surface area (Å²) >= 11 is 0. The molecule has 2 aromatic carbocycles. The van der Waals surface area contributed by atoms with Gasteiger partial charge in [0, 0.05) is 32.2 Å². The first kappa shape index (κ1) is 18.8. The molecule has 27 heavy (non-hydrogen) atoms. The first-order chi connectivity index (χ1) is 13.0. The van der Waals surface area contributed by atoms with Gasteiger partial charge in [-0.15, -0.1) is 0 Å². The third-order valence-corrected chi connectivity index (χ3v) is 4.47. The number of amides is 2. The Morgan fingerprint density at radius 2 is 1.67 bits per heavy atom. The Bertz CT molecular complexity index is 804. The number of benzene rings is 2. The van der Waals surface area contributed by atoms with E-state index in [1.54, 1.807) is 35.1 Å². The second-order valence-corrected chi connectivity index (χ2v) is 6.04. The molecule has 0 aliphatic carbocycles. The Balaban J connectivity index is 1.64. The quantitative estimate of drug-likeness (QED) is 0.888. The minimum atomic E-state index is -0.601. The largest absolute Gasteiger partial charge is 0.497 e. The normalized spacial score (nSPS) is 14.1. The van der Waals surface area contributed by atoms with Gasteiger partial charge in [-0.25, -0.2) is 13.6 Å². The summed E-state index contributed by atoms with van der Waals surface area (Å²) in [6, 6.07) is 8.58. The topological polar surface area (TPSA) is 54.0 Å². The van der Waals surface area contributed by atoms with Crippen LogP contribution >= 0.6 is 0 Å². The van der Waals surface area contributed by atoms with Crippen LogP contribution in [0.3, 0.4) is 0 Å². The van der Waals surface area contributed by atoms with Crippen molar-refractivity contribution >= 4 is 17.4 Å². The number of rotatable bonds is 4. The van der Waals surface area contributed by atoms with E-state index in [-0.39, 0.29) is 11.7 Å². The number of hydrogen-bond donors (Lipinski definition) is 1. The van der Waals surface area contributed by atoms with Crippen LogP contribution in [-0.2, 0) is 0 Å². The van der Waals surface area contributed by atoms with Crippen LogP contribution in [0.15, 0.2) is 36.4 Å². The second-order valence-electron chi connectivity index (χ2n) is 6.04.